The van der Waals surface area contributed by atoms with Gasteiger partial charge in [0.2, 0.25) is 0 Å². The second-order valence-corrected chi connectivity index (χ2v) is 5.75. The molecular formula is C17H19Cl2NO. The molecular weight excluding hydrogens is 305 g/mol. The largest absolute Gasteiger partial charge is 0.375 e. The number of hydrogen-bond donors (Lipinski definition) is 1. The van der Waals surface area contributed by atoms with Gasteiger partial charge in [-0.2, -0.15) is 0 Å². The summed E-state index contributed by atoms with van der Waals surface area (Å²) in [5, 5.41) is 4.74. The first kappa shape index (κ1) is 16.3. The zero-order chi connectivity index (χ0) is 15.2. The predicted octanol–water partition coefficient (Wildman–Crippen LogP) is 4.51. The number of likely N-dealkylation sites (N-methyl/N-ethyl adjacent to an activating group) is 1. The third kappa shape index (κ3) is 4.21. The molecule has 0 bridgehead atoms. The van der Waals surface area contributed by atoms with Crippen LogP contribution in [-0.4, -0.2) is 20.2 Å². The van der Waals surface area contributed by atoms with E-state index in [0.717, 1.165) is 22.6 Å². The zero-order valence-electron chi connectivity index (χ0n) is 12.1. The van der Waals surface area contributed by atoms with E-state index >= 15 is 0 Å². The molecule has 0 aliphatic carbocycles. The molecule has 2 unspecified atom stereocenters. The molecule has 2 atom stereocenters. The molecule has 0 aromatic heterocycles. The van der Waals surface area contributed by atoms with Crippen molar-refractivity contribution in [2.24, 2.45) is 0 Å². The lowest BCUT2D eigenvalue weighted by Crippen LogP contribution is -2.35. The quantitative estimate of drug-likeness (QED) is 0.844. The fraction of sp³-hybridized carbons (Fsp3) is 0.294. The molecule has 0 heterocycles. The van der Waals surface area contributed by atoms with Crippen molar-refractivity contribution in [2.45, 2.75) is 18.6 Å². The van der Waals surface area contributed by atoms with Gasteiger partial charge in [-0.05, 0) is 42.8 Å². The van der Waals surface area contributed by atoms with Gasteiger partial charge in [0, 0.05) is 23.2 Å². The van der Waals surface area contributed by atoms with Crippen LogP contribution in [0.4, 0.5) is 0 Å². The number of rotatable bonds is 6. The van der Waals surface area contributed by atoms with Crippen molar-refractivity contribution in [3.8, 4) is 0 Å². The summed E-state index contributed by atoms with van der Waals surface area (Å²) < 4.78 is 5.69. The maximum absolute atomic E-state index is 6.26. The highest BCUT2D eigenvalue weighted by molar-refractivity contribution is 6.33. The first-order valence-electron chi connectivity index (χ1n) is 6.84. The number of halogens is 2. The highest BCUT2D eigenvalue weighted by Crippen LogP contribution is 2.27. The van der Waals surface area contributed by atoms with Crippen LogP contribution in [0.1, 0.15) is 17.2 Å². The summed E-state index contributed by atoms with van der Waals surface area (Å²) >= 11 is 12.3. The Hall–Kier alpha value is -1.06. The Kier molecular flexibility index (Phi) is 6.07. The fourth-order valence-electron chi connectivity index (χ4n) is 2.47. The monoisotopic (exact) mass is 323 g/mol. The van der Waals surface area contributed by atoms with Gasteiger partial charge in [0.1, 0.15) is 0 Å². The molecule has 0 spiro atoms. The Labute approximate surface area is 136 Å². The number of ether oxygens (including phenoxy) is 1. The Bertz CT molecular complexity index is 574. The second kappa shape index (κ2) is 7.81. The SMILES string of the molecule is CNC(Cc1cc(Cl)ccc1Cl)C(OC)c1ccccc1. The van der Waals surface area contributed by atoms with E-state index in [-0.39, 0.29) is 12.1 Å². The first-order chi connectivity index (χ1) is 10.2. The van der Waals surface area contributed by atoms with E-state index in [1.165, 1.54) is 0 Å². The predicted molar refractivity (Wildman–Crippen MR) is 89.2 cm³/mol. The molecule has 112 valence electrons. The topological polar surface area (TPSA) is 21.3 Å². The molecule has 0 radical (unpaired) electrons. The number of nitrogens with one attached hydrogen (secondary N) is 1. The second-order valence-electron chi connectivity index (χ2n) is 4.90. The molecule has 0 aliphatic heterocycles. The average Bonchev–Trinajstić information content (AvgIpc) is 2.51. The van der Waals surface area contributed by atoms with E-state index in [9.17, 15) is 0 Å². The van der Waals surface area contributed by atoms with Gasteiger partial charge in [-0.15, -0.1) is 0 Å². The summed E-state index contributed by atoms with van der Waals surface area (Å²) in [5.41, 5.74) is 2.15. The van der Waals surface area contributed by atoms with Crippen LogP contribution < -0.4 is 5.32 Å². The lowest BCUT2D eigenvalue weighted by molar-refractivity contribution is 0.0704. The van der Waals surface area contributed by atoms with Crippen LogP contribution in [0.3, 0.4) is 0 Å². The molecule has 2 rings (SSSR count). The highest BCUT2D eigenvalue weighted by Gasteiger charge is 2.22. The minimum Gasteiger partial charge on any atom is -0.375 e. The molecule has 2 aromatic carbocycles. The van der Waals surface area contributed by atoms with Gasteiger partial charge in [-0.25, -0.2) is 0 Å². The van der Waals surface area contributed by atoms with Crippen molar-refractivity contribution in [3.05, 3.63) is 69.7 Å². The van der Waals surface area contributed by atoms with Crippen molar-refractivity contribution in [3.63, 3.8) is 0 Å². The Morgan fingerprint density at radius 3 is 2.43 bits per heavy atom. The van der Waals surface area contributed by atoms with Crippen LogP contribution in [0.15, 0.2) is 48.5 Å². The molecule has 1 N–H and O–H groups in total. The molecule has 0 aliphatic rings. The van der Waals surface area contributed by atoms with Crippen LogP contribution in [0.5, 0.6) is 0 Å². The van der Waals surface area contributed by atoms with Crippen LogP contribution in [0, 0.1) is 0 Å². The molecule has 0 saturated heterocycles. The normalized spacial score (nSPS) is 13.9. The lowest BCUT2D eigenvalue weighted by Gasteiger charge is -2.26. The minimum absolute atomic E-state index is 0.0498. The Morgan fingerprint density at radius 1 is 1.10 bits per heavy atom. The summed E-state index contributed by atoms with van der Waals surface area (Å²) in [7, 11) is 3.65. The van der Waals surface area contributed by atoms with Crippen molar-refractivity contribution in [2.75, 3.05) is 14.2 Å². The summed E-state index contributed by atoms with van der Waals surface area (Å²) in [4.78, 5) is 0. The Balaban J connectivity index is 2.24. The van der Waals surface area contributed by atoms with Crippen LogP contribution in [0.25, 0.3) is 0 Å². The van der Waals surface area contributed by atoms with Crippen LogP contribution >= 0.6 is 23.2 Å². The highest BCUT2D eigenvalue weighted by atomic mass is 35.5. The molecule has 2 aromatic rings. The van der Waals surface area contributed by atoms with Gasteiger partial charge in [-0.3, -0.25) is 0 Å². The standard InChI is InChI=1S/C17H19Cl2NO/c1-20-16(11-13-10-14(18)8-9-15(13)19)17(21-2)12-6-4-3-5-7-12/h3-10,16-17,20H,11H2,1-2H3. The van der Waals surface area contributed by atoms with Gasteiger partial charge < -0.3 is 10.1 Å². The van der Waals surface area contributed by atoms with Crippen molar-refractivity contribution in [1.29, 1.82) is 0 Å². The molecule has 0 saturated carbocycles. The molecule has 4 heteroatoms. The van der Waals surface area contributed by atoms with Gasteiger partial charge in [-0.1, -0.05) is 53.5 Å². The smallest absolute Gasteiger partial charge is 0.0977 e. The van der Waals surface area contributed by atoms with Crippen molar-refractivity contribution >= 4 is 23.2 Å². The van der Waals surface area contributed by atoms with Crippen LogP contribution in [-0.2, 0) is 11.2 Å². The summed E-state index contributed by atoms with van der Waals surface area (Å²) in [6.07, 6.45) is 0.690. The summed E-state index contributed by atoms with van der Waals surface area (Å²) in [5.74, 6) is 0. The number of benzene rings is 2. The lowest BCUT2D eigenvalue weighted by atomic mass is 9.96. The summed E-state index contributed by atoms with van der Waals surface area (Å²) in [6, 6.07) is 15.8. The van der Waals surface area contributed by atoms with E-state index in [1.807, 2.05) is 37.4 Å². The maximum Gasteiger partial charge on any atom is 0.0977 e. The summed E-state index contributed by atoms with van der Waals surface area (Å²) in [6.45, 7) is 0. The van der Waals surface area contributed by atoms with E-state index in [1.54, 1.807) is 13.2 Å². The number of methoxy groups -OCH3 is 1. The van der Waals surface area contributed by atoms with E-state index in [0.29, 0.717) is 5.02 Å². The third-order valence-electron chi connectivity index (χ3n) is 3.57. The van der Waals surface area contributed by atoms with Crippen molar-refractivity contribution < 1.29 is 4.74 Å². The number of hydrogen-bond acceptors (Lipinski definition) is 2. The van der Waals surface area contributed by atoms with E-state index in [2.05, 4.69) is 17.4 Å². The third-order valence-corrected chi connectivity index (χ3v) is 4.17. The maximum atomic E-state index is 6.26. The van der Waals surface area contributed by atoms with E-state index in [4.69, 9.17) is 27.9 Å². The Morgan fingerprint density at radius 2 is 1.81 bits per heavy atom. The fourth-order valence-corrected chi connectivity index (χ4v) is 2.86. The van der Waals surface area contributed by atoms with Gasteiger partial charge >= 0.3 is 0 Å². The van der Waals surface area contributed by atoms with Gasteiger partial charge in [0.15, 0.2) is 0 Å². The average molecular weight is 324 g/mol. The van der Waals surface area contributed by atoms with Crippen LogP contribution in [0.2, 0.25) is 10.0 Å². The molecule has 21 heavy (non-hydrogen) atoms. The molecule has 0 amide bonds. The molecule has 2 nitrogen and oxygen atoms in total. The van der Waals surface area contributed by atoms with Gasteiger partial charge in [0.05, 0.1) is 6.10 Å². The van der Waals surface area contributed by atoms with Gasteiger partial charge in [0.25, 0.3) is 0 Å². The first-order valence-corrected chi connectivity index (χ1v) is 7.60. The van der Waals surface area contributed by atoms with Crippen molar-refractivity contribution in [1.82, 2.24) is 5.32 Å². The molecule has 0 fully saturated rings. The minimum atomic E-state index is -0.0498. The zero-order valence-corrected chi connectivity index (χ0v) is 13.7. The van der Waals surface area contributed by atoms with E-state index < -0.39 is 0 Å².